The summed E-state index contributed by atoms with van der Waals surface area (Å²) in [5, 5.41) is 4.18. The van der Waals surface area contributed by atoms with Gasteiger partial charge in [0.2, 0.25) is 5.95 Å². The quantitative estimate of drug-likeness (QED) is 0.412. The molecule has 0 saturated carbocycles. The van der Waals surface area contributed by atoms with Crippen LogP contribution in [0.4, 0.5) is 5.95 Å². The Morgan fingerprint density at radius 2 is 1.87 bits per heavy atom. The molecule has 0 atom stereocenters. The van der Waals surface area contributed by atoms with Gasteiger partial charge in [0.25, 0.3) is 0 Å². The zero-order chi connectivity index (χ0) is 15.4. The van der Waals surface area contributed by atoms with Gasteiger partial charge in [0.15, 0.2) is 11.8 Å². The van der Waals surface area contributed by atoms with E-state index >= 15 is 0 Å². The van der Waals surface area contributed by atoms with Crippen LogP contribution in [0.1, 0.15) is 5.82 Å². The topological polar surface area (TPSA) is 101 Å². The molecule has 0 bridgehead atoms. The molecule has 0 aliphatic carbocycles. The van der Waals surface area contributed by atoms with E-state index in [1.54, 1.807) is 23.4 Å². The highest BCUT2D eigenvalue weighted by Crippen LogP contribution is 2.09. The highest BCUT2D eigenvalue weighted by atomic mass is 127. The molecule has 124 valence electrons. The van der Waals surface area contributed by atoms with Gasteiger partial charge < -0.3 is 15.5 Å². The van der Waals surface area contributed by atoms with Gasteiger partial charge in [-0.25, -0.2) is 19.9 Å². The first-order chi connectivity index (χ1) is 10.7. The Morgan fingerprint density at radius 3 is 2.48 bits per heavy atom. The molecule has 3 heterocycles. The minimum Gasteiger partial charge on any atom is -0.370 e. The smallest absolute Gasteiger partial charge is 0.225 e. The minimum atomic E-state index is 0. The number of nitrogens with two attached hydrogens (primary N) is 1. The molecule has 2 N–H and O–H groups in total. The van der Waals surface area contributed by atoms with E-state index in [-0.39, 0.29) is 24.0 Å². The maximum Gasteiger partial charge on any atom is 0.225 e. The predicted octanol–water partition coefficient (Wildman–Crippen LogP) is -0.140. The number of piperazine rings is 1. The summed E-state index contributed by atoms with van der Waals surface area (Å²) in [6.07, 6.45) is 5.16. The fourth-order valence-electron chi connectivity index (χ4n) is 2.30. The van der Waals surface area contributed by atoms with Crippen LogP contribution < -0.4 is 10.6 Å². The molecule has 0 spiro atoms. The first-order valence-corrected chi connectivity index (χ1v) is 7.14. The number of anilines is 1. The zero-order valence-corrected chi connectivity index (χ0v) is 15.2. The van der Waals surface area contributed by atoms with Crippen molar-refractivity contribution in [2.45, 2.75) is 6.54 Å². The van der Waals surface area contributed by atoms with E-state index < -0.39 is 0 Å². The second-order valence-corrected chi connectivity index (χ2v) is 5.03. The first kappa shape index (κ1) is 17.4. The third-order valence-corrected chi connectivity index (χ3v) is 3.47. The lowest BCUT2D eigenvalue weighted by molar-refractivity contribution is 0.378. The minimum absolute atomic E-state index is 0. The number of aromatic nitrogens is 5. The number of aryl methyl sites for hydroxylation is 1. The van der Waals surface area contributed by atoms with Gasteiger partial charge in [-0.3, -0.25) is 4.68 Å². The van der Waals surface area contributed by atoms with Crippen molar-refractivity contribution in [1.82, 2.24) is 29.6 Å². The molecule has 0 unspecified atom stereocenters. The lowest BCUT2D eigenvalue weighted by atomic mass is 10.3. The molecule has 10 heteroatoms. The van der Waals surface area contributed by atoms with Crippen LogP contribution in [0.3, 0.4) is 0 Å². The monoisotopic (exact) mass is 429 g/mol. The molecular weight excluding hydrogens is 409 g/mol. The Bertz CT molecular complexity index is 634. The lowest BCUT2D eigenvalue weighted by Gasteiger charge is -2.35. The Balaban J connectivity index is 0.00000192. The highest BCUT2D eigenvalue weighted by molar-refractivity contribution is 14.0. The van der Waals surface area contributed by atoms with Crippen molar-refractivity contribution >= 4 is 35.9 Å². The third-order valence-electron chi connectivity index (χ3n) is 3.47. The fourth-order valence-corrected chi connectivity index (χ4v) is 2.30. The molecule has 1 saturated heterocycles. The van der Waals surface area contributed by atoms with Crippen molar-refractivity contribution in [3.8, 4) is 0 Å². The van der Waals surface area contributed by atoms with Crippen molar-refractivity contribution in [2.75, 3.05) is 31.1 Å². The summed E-state index contributed by atoms with van der Waals surface area (Å²) in [5.41, 5.74) is 6.05. The van der Waals surface area contributed by atoms with Gasteiger partial charge >= 0.3 is 0 Å². The van der Waals surface area contributed by atoms with Gasteiger partial charge in [-0.2, -0.15) is 5.10 Å². The second kappa shape index (κ2) is 8.04. The van der Waals surface area contributed by atoms with E-state index in [1.807, 2.05) is 13.1 Å². The van der Waals surface area contributed by atoms with Crippen molar-refractivity contribution in [2.24, 2.45) is 17.8 Å². The Kier molecular flexibility index (Phi) is 6.07. The highest BCUT2D eigenvalue weighted by Gasteiger charge is 2.19. The summed E-state index contributed by atoms with van der Waals surface area (Å²) in [4.78, 5) is 21.2. The summed E-state index contributed by atoms with van der Waals surface area (Å²) >= 11 is 0. The van der Waals surface area contributed by atoms with Gasteiger partial charge in [0, 0.05) is 45.6 Å². The molecular formula is C13H20IN9. The fraction of sp³-hybridized carbons (Fsp3) is 0.462. The van der Waals surface area contributed by atoms with Gasteiger partial charge in [0.05, 0.1) is 0 Å². The van der Waals surface area contributed by atoms with Gasteiger partial charge in [-0.1, -0.05) is 0 Å². The van der Waals surface area contributed by atoms with Crippen LogP contribution in [-0.4, -0.2) is 61.8 Å². The molecule has 0 aromatic carbocycles. The molecule has 0 radical (unpaired) electrons. The predicted molar refractivity (Wildman–Crippen MR) is 97.6 cm³/mol. The van der Waals surface area contributed by atoms with Crippen LogP contribution in [0, 0.1) is 0 Å². The molecule has 2 aromatic rings. The van der Waals surface area contributed by atoms with E-state index in [2.05, 4.69) is 34.8 Å². The molecule has 23 heavy (non-hydrogen) atoms. The molecule has 1 aliphatic rings. The third kappa shape index (κ3) is 4.50. The lowest BCUT2D eigenvalue weighted by Crippen LogP contribution is -2.51. The van der Waals surface area contributed by atoms with Crippen LogP contribution in [0.2, 0.25) is 0 Å². The molecule has 9 nitrogen and oxygen atoms in total. The normalized spacial score (nSPS) is 15.4. The van der Waals surface area contributed by atoms with Crippen LogP contribution in [0.25, 0.3) is 0 Å². The van der Waals surface area contributed by atoms with Crippen molar-refractivity contribution in [3.05, 3.63) is 30.6 Å². The second-order valence-electron chi connectivity index (χ2n) is 5.03. The van der Waals surface area contributed by atoms with Crippen molar-refractivity contribution < 1.29 is 0 Å². The summed E-state index contributed by atoms with van der Waals surface area (Å²) in [7, 11) is 1.83. The SMILES string of the molecule is Cn1cnc(CN=C(N)N2CCN(c3ncccn3)CC2)n1.I. The van der Waals surface area contributed by atoms with Gasteiger partial charge in [-0.05, 0) is 6.07 Å². The maximum atomic E-state index is 6.05. The number of nitrogens with zero attached hydrogens (tertiary/aromatic N) is 8. The molecule has 3 rings (SSSR count). The Labute approximate surface area is 151 Å². The number of rotatable bonds is 3. The van der Waals surface area contributed by atoms with Gasteiger partial charge in [0.1, 0.15) is 12.9 Å². The summed E-state index contributed by atoms with van der Waals surface area (Å²) in [6.45, 7) is 3.63. The molecule has 1 fully saturated rings. The Hall–Kier alpha value is -1.98. The van der Waals surface area contributed by atoms with Crippen molar-refractivity contribution in [1.29, 1.82) is 0 Å². The zero-order valence-electron chi connectivity index (χ0n) is 12.9. The molecule has 1 aliphatic heterocycles. The van der Waals surface area contributed by atoms with Crippen LogP contribution in [0.15, 0.2) is 29.8 Å². The van der Waals surface area contributed by atoms with E-state index in [0.717, 1.165) is 32.1 Å². The number of aliphatic imine (C=N–C) groups is 1. The van der Waals surface area contributed by atoms with E-state index in [9.17, 15) is 0 Å². The summed E-state index contributed by atoms with van der Waals surface area (Å²) < 4.78 is 1.65. The van der Waals surface area contributed by atoms with E-state index in [1.165, 1.54) is 0 Å². The van der Waals surface area contributed by atoms with E-state index in [4.69, 9.17) is 5.73 Å². The number of hydrogen-bond acceptors (Lipinski definition) is 6. The van der Waals surface area contributed by atoms with Crippen LogP contribution in [-0.2, 0) is 13.6 Å². The van der Waals surface area contributed by atoms with Crippen LogP contribution >= 0.6 is 24.0 Å². The Morgan fingerprint density at radius 1 is 1.17 bits per heavy atom. The maximum absolute atomic E-state index is 6.05. The van der Waals surface area contributed by atoms with Crippen LogP contribution in [0.5, 0.6) is 0 Å². The number of hydrogen-bond donors (Lipinski definition) is 1. The first-order valence-electron chi connectivity index (χ1n) is 7.14. The standard InChI is InChI=1S/C13H19N9.HI/c1-20-10-18-11(19-20)9-17-12(14)21-5-7-22(8-6-21)13-15-3-2-4-16-13;/h2-4,10H,5-9H2,1H3,(H2,14,17);1H. The largest absolute Gasteiger partial charge is 0.370 e. The average molecular weight is 429 g/mol. The average Bonchev–Trinajstić information content (AvgIpc) is 2.99. The molecule has 0 amide bonds. The number of guanidine groups is 1. The van der Waals surface area contributed by atoms with Crippen molar-refractivity contribution in [3.63, 3.8) is 0 Å². The summed E-state index contributed by atoms with van der Waals surface area (Å²) in [6, 6.07) is 1.82. The van der Waals surface area contributed by atoms with E-state index in [0.29, 0.717) is 18.3 Å². The molecule has 2 aromatic heterocycles. The van der Waals surface area contributed by atoms with Gasteiger partial charge in [-0.15, -0.1) is 24.0 Å². The summed E-state index contributed by atoms with van der Waals surface area (Å²) in [5.74, 6) is 1.96. The number of halogens is 1.